The zero-order valence-corrected chi connectivity index (χ0v) is 13.2. The lowest BCUT2D eigenvalue weighted by molar-refractivity contribution is 0.0285. The van der Waals surface area contributed by atoms with Crippen molar-refractivity contribution < 1.29 is 14.6 Å². The molecule has 0 aromatic heterocycles. The van der Waals surface area contributed by atoms with Crippen molar-refractivity contribution in [3.8, 4) is 5.75 Å². The predicted octanol–water partition coefficient (Wildman–Crippen LogP) is 3.64. The lowest BCUT2D eigenvalue weighted by atomic mass is 10.2. The van der Waals surface area contributed by atoms with Crippen LogP contribution in [0.5, 0.6) is 5.75 Å². The fraction of sp³-hybridized carbons (Fsp3) is 0.462. The standard InChI is InChI=1S/C13H16Cl3NO3/c1-2-3-8-20-12(13(14,15)16)17-11(19)9-6-4-5-7-10(9)18/h4-7,12,18H,2-3,8H2,1H3,(H,17,19). The summed E-state index contributed by atoms with van der Waals surface area (Å²) in [5, 5.41) is 12.1. The maximum atomic E-state index is 12.0. The van der Waals surface area contributed by atoms with Gasteiger partial charge in [-0.1, -0.05) is 60.3 Å². The molecule has 1 aromatic carbocycles. The van der Waals surface area contributed by atoms with Crippen molar-refractivity contribution in [2.24, 2.45) is 0 Å². The number of carbonyl (C=O) groups excluding carboxylic acids is 1. The van der Waals surface area contributed by atoms with Crippen molar-refractivity contribution in [2.75, 3.05) is 6.61 Å². The molecule has 7 heteroatoms. The molecule has 0 aliphatic heterocycles. The topological polar surface area (TPSA) is 58.6 Å². The molecule has 20 heavy (non-hydrogen) atoms. The second-order valence-electron chi connectivity index (χ2n) is 4.14. The summed E-state index contributed by atoms with van der Waals surface area (Å²) < 4.78 is 3.57. The van der Waals surface area contributed by atoms with Gasteiger partial charge in [-0.15, -0.1) is 0 Å². The molecule has 0 aliphatic rings. The third-order valence-electron chi connectivity index (χ3n) is 2.49. The molecule has 112 valence electrons. The third-order valence-corrected chi connectivity index (χ3v) is 3.09. The lowest BCUT2D eigenvalue weighted by Gasteiger charge is -2.25. The van der Waals surface area contributed by atoms with E-state index >= 15 is 0 Å². The van der Waals surface area contributed by atoms with Gasteiger partial charge in [-0.2, -0.15) is 0 Å². The average Bonchev–Trinajstić information content (AvgIpc) is 2.37. The number of alkyl halides is 3. The van der Waals surface area contributed by atoms with Gasteiger partial charge in [0.2, 0.25) is 3.79 Å². The number of hydrogen-bond donors (Lipinski definition) is 2. The van der Waals surface area contributed by atoms with Gasteiger partial charge in [-0.3, -0.25) is 4.79 Å². The number of phenolic OH excluding ortho intramolecular Hbond substituents is 1. The van der Waals surface area contributed by atoms with Crippen LogP contribution in [0.4, 0.5) is 0 Å². The Hall–Kier alpha value is -0.680. The van der Waals surface area contributed by atoms with Crippen LogP contribution >= 0.6 is 34.8 Å². The van der Waals surface area contributed by atoms with E-state index in [0.29, 0.717) is 6.61 Å². The van der Waals surface area contributed by atoms with Crippen molar-refractivity contribution in [1.29, 1.82) is 0 Å². The molecule has 1 aromatic rings. The number of ether oxygens (including phenoxy) is 1. The molecule has 1 rings (SSSR count). The van der Waals surface area contributed by atoms with Crippen LogP contribution in [0.25, 0.3) is 0 Å². The van der Waals surface area contributed by atoms with Crippen molar-refractivity contribution in [1.82, 2.24) is 5.32 Å². The fourth-order valence-corrected chi connectivity index (χ4v) is 1.78. The van der Waals surface area contributed by atoms with E-state index in [4.69, 9.17) is 39.5 Å². The van der Waals surface area contributed by atoms with Gasteiger partial charge in [0.05, 0.1) is 5.56 Å². The van der Waals surface area contributed by atoms with E-state index in [1.807, 2.05) is 6.92 Å². The van der Waals surface area contributed by atoms with E-state index in [1.54, 1.807) is 12.1 Å². The number of aromatic hydroxyl groups is 1. The summed E-state index contributed by atoms with van der Waals surface area (Å²) in [6.07, 6.45) is 0.607. The van der Waals surface area contributed by atoms with Crippen LogP contribution in [0.1, 0.15) is 30.1 Å². The Morgan fingerprint density at radius 3 is 2.60 bits per heavy atom. The summed E-state index contributed by atoms with van der Waals surface area (Å²) in [7, 11) is 0. The molecule has 0 heterocycles. The van der Waals surface area contributed by atoms with E-state index in [2.05, 4.69) is 5.32 Å². The molecular weight excluding hydrogens is 325 g/mol. The normalized spacial score (nSPS) is 13.0. The number of carbonyl (C=O) groups is 1. The van der Waals surface area contributed by atoms with Crippen molar-refractivity contribution in [3.05, 3.63) is 29.8 Å². The molecule has 1 atom stereocenters. The first-order valence-electron chi connectivity index (χ1n) is 6.13. The molecule has 0 radical (unpaired) electrons. The molecule has 0 saturated carbocycles. The second kappa shape index (κ2) is 7.93. The summed E-state index contributed by atoms with van der Waals surface area (Å²) in [5.74, 6) is -0.724. The first kappa shape index (κ1) is 17.4. The Labute approximate surface area is 133 Å². The van der Waals surface area contributed by atoms with Crippen LogP contribution in [0, 0.1) is 0 Å². The summed E-state index contributed by atoms with van der Waals surface area (Å²) in [5.41, 5.74) is 0.0887. The predicted molar refractivity (Wildman–Crippen MR) is 80.5 cm³/mol. The van der Waals surface area contributed by atoms with Crippen LogP contribution < -0.4 is 5.32 Å². The Bertz CT molecular complexity index is 449. The maximum absolute atomic E-state index is 12.0. The van der Waals surface area contributed by atoms with Gasteiger partial charge in [0.1, 0.15) is 5.75 Å². The van der Waals surface area contributed by atoms with E-state index in [9.17, 15) is 9.90 Å². The zero-order valence-electron chi connectivity index (χ0n) is 10.9. The Morgan fingerprint density at radius 1 is 1.40 bits per heavy atom. The number of hydrogen-bond acceptors (Lipinski definition) is 3. The highest BCUT2D eigenvalue weighted by atomic mass is 35.6. The number of halogens is 3. The first-order chi connectivity index (χ1) is 9.36. The zero-order chi connectivity index (χ0) is 15.2. The van der Waals surface area contributed by atoms with Crippen molar-refractivity contribution in [3.63, 3.8) is 0 Å². The minimum Gasteiger partial charge on any atom is -0.507 e. The minimum absolute atomic E-state index is 0.0887. The Morgan fingerprint density at radius 2 is 2.05 bits per heavy atom. The molecule has 0 spiro atoms. The minimum atomic E-state index is -1.80. The second-order valence-corrected chi connectivity index (χ2v) is 6.51. The van der Waals surface area contributed by atoms with Gasteiger partial charge in [0, 0.05) is 6.61 Å². The van der Waals surface area contributed by atoms with Crippen molar-refractivity contribution in [2.45, 2.75) is 29.8 Å². The summed E-state index contributed by atoms with van der Waals surface area (Å²) in [6.45, 7) is 2.35. The highest BCUT2D eigenvalue weighted by molar-refractivity contribution is 6.68. The number of phenols is 1. The number of nitrogens with one attached hydrogen (secondary N) is 1. The van der Waals surface area contributed by atoms with Crippen LogP contribution in [0.15, 0.2) is 24.3 Å². The summed E-state index contributed by atoms with van der Waals surface area (Å²) in [6, 6.07) is 6.09. The molecule has 4 nitrogen and oxygen atoms in total. The number of amides is 1. The largest absolute Gasteiger partial charge is 0.507 e. The quantitative estimate of drug-likeness (QED) is 0.472. The van der Waals surface area contributed by atoms with E-state index in [1.165, 1.54) is 12.1 Å². The summed E-state index contributed by atoms with van der Waals surface area (Å²) in [4.78, 5) is 12.0. The highest BCUT2D eigenvalue weighted by Gasteiger charge is 2.35. The van der Waals surface area contributed by atoms with Crippen LogP contribution in [0.3, 0.4) is 0 Å². The molecule has 0 bridgehead atoms. The summed E-state index contributed by atoms with van der Waals surface area (Å²) >= 11 is 17.3. The fourth-order valence-electron chi connectivity index (χ4n) is 1.43. The van der Waals surface area contributed by atoms with Crippen molar-refractivity contribution >= 4 is 40.7 Å². The average molecular weight is 341 g/mol. The molecule has 1 unspecified atom stereocenters. The SMILES string of the molecule is CCCCOC(NC(=O)c1ccccc1O)C(Cl)(Cl)Cl. The van der Waals surface area contributed by atoms with Crippen LogP contribution in [-0.2, 0) is 4.74 Å². The first-order valence-corrected chi connectivity index (χ1v) is 7.26. The Balaban J connectivity index is 2.74. The monoisotopic (exact) mass is 339 g/mol. The van der Waals surface area contributed by atoms with E-state index in [-0.39, 0.29) is 11.3 Å². The lowest BCUT2D eigenvalue weighted by Crippen LogP contribution is -2.45. The number of benzene rings is 1. The van der Waals surface area contributed by atoms with Gasteiger partial charge in [0.15, 0.2) is 6.23 Å². The molecular formula is C13H16Cl3NO3. The molecule has 1 amide bonds. The highest BCUT2D eigenvalue weighted by Crippen LogP contribution is 2.31. The molecule has 0 saturated heterocycles. The number of para-hydroxylation sites is 1. The van der Waals surface area contributed by atoms with Crippen LogP contribution in [-0.4, -0.2) is 27.6 Å². The van der Waals surface area contributed by atoms with E-state index in [0.717, 1.165) is 12.8 Å². The van der Waals surface area contributed by atoms with Gasteiger partial charge >= 0.3 is 0 Å². The molecule has 0 fully saturated rings. The number of rotatable bonds is 6. The van der Waals surface area contributed by atoms with Crippen LogP contribution in [0.2, 0.25) is 0 Å². The maximum Gasteiger partial charge on any atom is 0.257 e. The number of unbranched alkanes of at least 4 members (excludes halogenated alkanes) is 1. The van der Waals surface area contributed by atoms with Gasteiger partial charge < -0.3 is 15.2 Å². The molecule has 2 N–H and O–H groups in total. The smallest absolute Gasteiger partial charge is 0.257 e. The third kappa shape index (κ3) is 5.37. The van der Waals surface area contributed by atoms with E-state index < -0.39 is 15.9 Å². The van der Waals surface area contributed by atoms with Gasteiger partial charge in [-0.05, 0) is 18.6 Å². The van der Waals surface area contributed by atoms with Gasteiger partial charge in [0.25, 0.3) is 5.91 Å². The Kier molecular flexibility index (Phi) is 6.89. The van der Waals surface area contributed by atoms with Gasteiger partial charge in [-0.25, -0.2) is 0 Å². The molecule has 0 aliphatic carbocycles.